The number of benzene rings is 1. The maximum Gasteiger partial charge on any atom is 0.254 e. The first-order valence-corrected chi connectivity index (χ1v) is 9.61. The third-order valence-electron chi connectivity index (χ3n) is 5.32. The summed E-state index contributed by atoms with van der Waals surface area (Å²) in [6.07, 6.45) is 8.83. The molecule has 0 aliphatic heterocycles. The normalized spacial score (nSPS) is 19.6. The van der Waals surface area contributed by atoms with Crippen LogP contribution in [-0.4, -0.2) is 37.9 Å². The Morgan fingerprint density at radius 3 is 2.61 bits per heavy atom. The van der Waals surface area contributed by atoms with Crippen molar-refractivity contribution in [2.24, 2.45) is 5.92 Å². The summed E-state index contributed by atoms with van der Waals surface area (Å²) in [5.41, 5.74) is 2.81. The van der Waals surface area contributed by atoms with Crippen molar-refractivity contribution in [1.29, 1.82) is 0 Å². The van der Waals surface area contributed by atoms with Gasteiger partial charge in [-0.3, -0.25) is 14.5 Å². The van der Waals surface area contributed by atoms with Crippen LogP contribution in [0.3, 0.4) is 0 Å². The fraction of sp³-hybridized carbons (Fsp3) is 0.318. The molecule has 2 N–H and O–H groups in total. The Balaban J connectivity index is 1.42. The Kier molecular flexibility index (Phi) is 5.48. The molecule has 6 nitrogen and oxygen atoms in total. The number of amides is 1. The summed E-state index contributed by atoms with van der Waals surface area (Å²) in [6.45, 7) is 0.628. The molecule has 0 spiro atoms. The van der Waals surface area contributed by atoms with Crippen molar-refractivity contribution in [2.75, 3.05) is 0 Å². The average Bonchev–Trinajstić information content (AvgIpc) is 3.15. The largest absolute Gasteiger partial charge is 0.393 e. The molecule has 0 radical (unpaired) electrons. The molecule has 1 amide bonds. The molecule has 1 aliphatic rings. The van der Waals surface area contributed by atoms with E-state index in [1.165, 1.54) is 0 Å². The Labute approximate surface area is 164 Å². The van der Waals surface area contributed by atoms with Crippen LogP contribution >= 0.6 is 0 Å². The van der Waals surface area contributed by atoms with Gasteiger partial charge >= 0.3 is 0 Å². The van der Waals surface area contributed by atoms with Crippen LogP contribution in [0.15, 0.2) is 67.3 Å². The summed E-state index contributed by atoms with van der Waals surface area (Å²) < 4.78 is 1.77. The zero-order chi connectivity index (χ0) is 19.3. The van der Waals surface area contributed by atoms with E-state index in [1.54, 1.807) is 29.5 Å². The van der Waals surface area contributed by atoms with Gasteiger partial charge in [-0.1, -0.05) is 30.3 Å². The average molecular weight is 376 g/mol. The lowest BCUT2D eigenvalue weighted by Gasteiger charge is -2.38. The molecule has 1 saturated carbocycles. The Morgan fingerprint density at radius 2 is 1.89 bits per heavy atom. The number of aliphatic hydroxyl groups excluding tert-OH is 1. The molecular weight excluding hydrogens is 352 g/mol. The maximum atomic E-state index is 12.8. The van der Waals surface area contributed by atoms with Crippen LogP contribution in [0, 0.1) is 5.92 Å². The van der Waals surface area contributed by atoms with Crippen molar-refractivity contribution in [1.82, 2.24) is 20.1 Å². The molecule has 0 saturated heterocycles. The predicted octanol–water partition coefficient (Wildman–Crippen LogP) is 2.44. The zero-order valence-electron chi connectivity index (χ0n) is 15.6. The number of nitrogens with zero attached hydrogens (tertiary/aromatic N) is 3. The van der Waals surface area contributed by atoms with Crippen molar-refractivity contribution >= 4 is 5.91 Å². The van der Waals surface area contributed by atoms with Crippen molar-refractivity contribution in [3.63, 3.8) is 0 Å². The highest BCUT2D eigenvalue weighted by Gasteiger charge is 2.35. The van der Waals surface area contributed by atoms with Gasteiger partial charge in [0.15, 0.2) is 0 Å². The number of aromatic nitrogens is 3. The standard InChI is InChI=1S/C22H24N4O2/c27-20-11-18(12-20)21(10-16-6-8-23-9-7-16)25-22(28)19-13-24-26(15-19)14-17-4-2-1-3-5-17/h1-9,13,15,18,20-21,27H,10-12,14H2,(H,25,28)/t18?,20?,21-/m1/s1. The van der Waals surface area contributed by atoms with E-state index < -0.39 is 0 Å². The van der Waals surface area contributed by atoms with E-state index in [9.17, 15) is 9.90 Å². The van der Waals surface area contributed by atoms with Crippen molar-refractivity contribution in [3.05, 3.63) is 83.9 Å². The molecule has 0 unspecified atom stereocenters. The van der Waals surface area contributed by atoms with Crippen molar-refractivity contribution in [3.8, 4) is 0 Å². The number of aliphatic hydroxyl groups is 1. The van der Waals surface area contributed by atoms with Crippen molar-refractivity contribution in [2.45, 2.75) is 38.0 Å². The molecule has 144 valence electrons. The summed E-state index contributed by atoms with van der Waals surface area (Å²) in [4.78, 5) is 16.8. The highest BCUT2D eigenvalue weighted by Crippen LogP contribution is 2.31. The molecule has 1 atom stereocenters. The lowest BCUT2D eigenvalue weighted by molar-refractivity contribution is 0.0239. The SMILES string of the molecule is O=C(N[C@H](Cc1ccncc1)C1CC(O)C1)c1cnn(Cc2ccccc2)c1. The van der Waals surface area contributed by atoms with Crippen LogP contribution in [-0.2, 0) is 13.0 Å². The molecule has 2 heterocycles. The highest BCUT2D eigenvalue weighted by atomic mass is 16.3. The first-order chi connectivity index (χ1) is 13.7. The molecule has 4 rings (SSSR count). The monoisotopic (exact) mass is 376 g/mol. The van der Waals surface area contributed by atoms with Crippen LogP contribution in [0.25, 0.3) is 0 Å². The van der Waals surface area contributed by atoms with Gasteiger partial charge in [0.05, 0.1) is 24.4 Å². The molecule has 1 aliphatic carbocycles. The number of rotatable bonds is 7. The quantitative estimate of drug-likeness (QED) is 0.664. The van der Waals surface area contributed by atoms with Gasteiger partial charge in [-0.15, -0.1) is 0 Å². The number of pyridine rings is 1. The number of hydrogen-bond acceptors (Lipinski definition) is 4. The van der Waals surface area contributed by atoms with Crippen LogP contribution in [0.5, 0.6) is 0 Å². The van der Waals surface area contributed by atoms with E-state index in [2.05, 4.69) is 15.4 Å². The second-order valence-corrected chi connectivity index (χ2v) is 7.44. The van der Waals surface area contributed by atoms with Crippen LogP contribution in [0.4, 0.5) is 0 Å². The van der Waals surface area contributed by atoms with Gasteiger partial charge in [0.25, 0.3) is 5.91 Å². The zero-order valence-corrected chi connectivity index (χ0v) is 15.6. The molecule has 0 bridgehead atoms. The van der Waals surface area contributed by atoms with Crippen LogP contribution in [0.2, 0.25) is 0 Å². The number of nitrogens with one attached hydrogen (secondary N) is 1. The lowest BCUT2D eigenvalue weighted by Crippen LogP contribution is -2.48. The second kappa shape index (κ2) is 8.35. The van der Waals surface area contributed by atoms with E-state index in [0.717, 1.165) is 30.4 Å². The van der Waals surface area contributed by atoms with E-state index >= 15 is 0 Å². The smallest absolute Gasteiger partial charge is 0.254 e. The van der Waals surface area contributed by atoms with Gasteiger partial charge in [0.2, 0.25) is 0 Å². The van der Waals surface area contributed by atoms with E-state index in [4.69, 9.17) is 0 Å². The molecule has 1 fully saturated rings. The minimum absolute atomic E-state index is 0.0178. The molecule has 28 heavy (non-hydrogen) atoms. The maximum absolute atomic E-state index is 12.8. The van der Waals surface area contributed by atoms with E-state index in [-0.39, 0.29) is 24.0 Å². The fourth-order valence-corrected chi connectivity index (χ4v) is 3.66. The van der Waals surface area contributed by atoms with Gasteiger partial charge in [0, 0.05) is 24.6 Å². The number of hydrogen-bond donors (Lipinski definition) is 2. The highest BCUT2D eigenvalue weighted by molar-refractivity contribution is 5.93. The predicted molar refractivity (Wildman–Crippen MR) is 106 cm³/mol. The van der Waals surface area contributed by atoms with Gasteiger partial charge < -0.3 is 10.4 Å². The summed E-state index contributed by atoms with van der Waals surface area (Å²) in [5.74, 6) is 0.159. The summed E-state index contributed by atoms with van der Waals surface area (Å²) in [5, 5.41) is 17.2. The van der Waals surface area contributed by atoms with Gasteiger partial charge in [0.1, 0.15) is 0 Å². The first kappa shape index (κ1) is 18.4. The summed E-state index contributed by atoms with van der Waals surface area (Å²) in [6, 6.07) is 13.9. The second-order valence-electron chi connectivity index (χ2n) is 7.44. The van der Waals surface area contributed by atoms with E-state index in [1.807, 2.05) is 42.5 Å². The van der Waals surface area contributed by atoms with Crippen LogP contribution < -0.4 is 5.32 Å². The third kappa shape index (κ3) is 4.46. The molecule has 6 heteroatoms. The summed E-state index contributed by atoms with van der Waals surface area (Å²) >= 11 is 0. The third-order valence-corrected chi connectivity index (χ3v) is 5.32. The van der Waals surface area contributed by atoms with Crippen molar-refractivity contribution < 1.29 is 9.90 Å². The Hall–Kier alpha value is -2.99. The topological polar surface area (TPSA) is 80.0 Å². The molecule has 1 aromatic carbocycles. The molecule has 3 aromatic rings. The number of carbonyl (C=O) groups is 1. The lowest BCUT2D eigenvalue weighted by atomic mass is 9.75. The minimum atomic E-state index is -0.254. The minimum Gasteiger partial charge on any atom is -0.393 e. The Morgan fingerprint density at radius 1 is 1.14 bits per heavy atom. The van der Waals surface area contributed by atoms with E-state index in [0.29, 0.717) is 12.1 Å². The van der Waals surface area contributed by atoms with Crippen LogP contribution in [0.1, 0.15) is 34.3 Å². The van der Waals surface area contributed by atoms with Gasteiger partial charge in [-0.25, -0.2) is 0 Å². The fourth-order valence-electron chi connectivity index (χ4n) is 3.66. The molecular formula is C22H24N4O2. The molecule has 2 aromatic heterocycles. The summed E-state index contributed by atoms with van der Waals surface area (Å²) in [7, 11) is 0. The first-order valence-electron chi connectivity index (χ1n) is 9.61. The number of carbonyl (C=O) groups excluding carboxylic acids is 1. The van der Waals surface area contributed by atoms with Gasteiger partial charge in [-0.2, -0.15) is 5.10 Å². The van der Waals surface area contributed by atoms with Gasteiger partial charge in [-0.05, 0) is 48.4 Å². The Bertz CT molecular complexity index is 905.